The highest BCUT2D eigenvalue weighted by Gasteiger charge is 2.34. The molecule has 0 radical (unpaired) electrons. The Hall–Kier alpha value is -0.150. The third kappa shape index (κ3) is 1.35. The lowest BCUT2D eigenvalue weighted by molar-refractivity contribution is 1.22. The minimum absolute atomic E-state index is 1.12. The van der Waals surface area contributed by atoms with Gasteiger partial charge in [0, 0.05) is 10.7 Å². The van der Waals surface area contributed by atoms with Gasteiger partial charge in [-0.15, -0.1) is 0 Å². The van der Waals surface area contributed by atoms with E-state index in [9.17, 15) is 0 Å². The van der Waals surface area contributed by atoms with E-state index in [2.05, 4.69) is 86.0 Å². The summed E-state index contributed by atoms with van der Waals surface area (Å²) in [7, 11) is 0. The van der Waals surface area contributed by atoms with Crippen molar-refractivity contribution in [3.05, 3.63) is 62.3 Å². The maximum atomic E-state index is 2.57. The van der Waals surface area contributed by atoms with Crippen molar-refractivity contribution in [3.8, 4) is 0 Å². The molecule has 3 aliphatic carbocycles. The van der Waals surface area contributed by atoms with E-state index < -0.39 is 0 Å². The fourth-order valence-corrected chi connectivity index (χ4v) is 7.93. The minimum Gasteiger partial charge on any atom is -0.0443 e. The summed E-state index contributed by atoms with van der Waals surface area (Å²) in [5, 5.41) is 9.57. The SMILES string of the molecule is Ic1cc2c3c4c1Cc1cc(I)c5c(c14)c1c(cc(I)c(c31)C2)C5. The van der Waals surface area contributed by atoms with Gasteiger partial charge in [0.05, 0.1) is 0 Å². The number of rotatable bonds is 0. The van der Waals surface area contributed by atoms with Crippen molar-refractivity contribution in [2.45, 2.75) is 19.3 Å². The Morgan fingerprint density at radius 2 is 0.750 bits per heavy atom. The molecule has 0 spiro atoms. The van der Waals surface area contributed by atoms with Crippen molar-refractivity contribution >= 4 is 100 Å². The second-order valence-corrected chi connectivity index (χ2v) is 10.8. The van der Waals surface area contributed by atoms with Crippen molar-refractivity contribution in [2.24, 2.45) is 0 Å². The zero-order valence-corrected chi connectivity index (χ0v) is 19.0. The first-order valence-corrected chi connectivity index (χ1v) is 11.4. The first kappa shape index (κ1) is 14.0. The molecule has 0 nitrogen and oxygen atoms in total. The average molecular weight is 642 g/mol. The van der Waals surface area contributed by atoms with Gasteiger partial charge in [-0.05, 0) is 171 Å². The van der Waals surface area contributed by atoms with Gasteiger partial charge < -0.3 is 0 Å². The second kappa shape index (κ2) is 4.22. The topological polar surface area (TPSA) is 0 Å². The van der Waals surface area contributed by atoms with Crippen molar-refractivity contribution in [1.29, 1.82) is 0 Å². The minimum atomic E-state index is 1.12. The fraction of sp³-hybridized carbons (Fsp3) is 0.143. The molecule has 114 valence electrons. The summed E-state index contributed by atoms with van der Waals surface area (Å²) in [4.78, 5) is 0. The summed E-state index contributed by atoms with van der Waals surface area (Å²) >= 11 is 7.71. The van der Waals surface area contributed by atoms with Crippen LogP contribution in [0.15, 0.2) is 18.2 Å². The number of benzene rings is 4. The van der Waals surface area contributed by atoms with Crippen LogP contribution < -0.4 is 0 Å². The summed E-state index contributed by atoms with van der Waals surface area (Å²) in [6.07, 6.45) is 3.36. The predicted octanol–water partition coefficient (Wildman–Crippen LogP) is 6.67. The van der Waals surface area contributed by atoms with E-state index in [1.54, 1.807) is 65.7 Å². The van der Waals surface area contributed by atoms with Crippen molar-refractivity contribution in [3.63, 3.8) is 0 Å². The Morgan fingerprint density at radius 1 is 0.458 bits per heavy atom. The molecular formula is C21H9I3. The smallest absolute Gasteiger partial charge is 0.0175 e. The molecule has 0 fully saturated rings. The molecule has 4 aromatic carbocycles. The van der Waals surface area contributed by atoms with E-state index in [0.29, 0.717) is 0 Å². The summed E-state index contributed by atoms with van der Waals surface area (Å²) in [6.45, 7) is 0. The van der Waals surface area contributed by atoms with Crippen molar-refractivity contribution in [2.75, 3.05) is 0 Å². The van der Waals surface area contributed by atoms with Crippen molar-refractivity contribution in [1.82, 2.24) is 0 Å². The largest absolute Gasteiger partial charge is 0.0443 e. The zero-order valence-electron chi connectivity index (χ0n) is 12.5. The van der Waals surface area contributed by atoms with E-state index in [1.165, 1.54) is 10.7 Å². The molecule has 0 aromatic heterocycles. The molecule has 0 amide bonds. The second-order valence-electron chi connectivity index (χ2n) is 7.27. The molecule has 4 aromatic rings. The molecule has 3 heteroatoms. The van der Waals surface area contributed by atoms with E-state index in [0.717, 1.165) is 19.3 Å². The zero-order chi connectivity index (χ0) is 15.9. The van der Waals surface area contributed by atoms with Crippen LogP contribution in [0.4, 0.5) is 0 Å². The summed E-state index contributed by atoms with van der Waals surface area (Å²) < 4.78 is 4.39. The monoisotopic (exact) mass is 642 g/mol. The average Bonchev–Trinajstić information content (AvgIpc) is 3.18. The Bertz CT molecular complexity index is 1150. The van der Waals surface area contributed by atoms with E-state index >= 15 is 0 Å². The molecule has 0 heterocycles. The van der Waals surface area contributed by atoms with Crippen LogP contribution >= 0.6 is 67.8 Å². The highest BCUT2D eigenvalue weighted by atomic mass is 127. The highest BCUT2D eigenvalue weighted by molar-refractivity contribution is 14.1. The van der Waals surface area contributed by atoms with Crippen LogP contribution in [0.2, 0.25) is 0 Å². The molecule has 0 atom stereocenters. The maximum Gasteiger partial charge on any atom is 0.0175 e. The maximum absolute atomic E-state index is 2.57. The first-order valence-electron chi connectivity index (χ1n) is 8.17. The Morgan fingerprint density at radius 3 is 1.04 bits per heavy atom. The third-order valence-electron chi connectivity index (χ3n) is 6.24. The lowest BCUT2D eigenvalue weighted by Gasteiger charge is -2.11. The molecule has 0 N–H and O–H groups in total. The van der Waals surface area contributed by atoms with Crippen molar-refractivity contribution < 1.29 is 0 Å². The molecule has 24 heavy (non-hydrogen) atoms. The third-order valence-corrected chi connectivity index (χ3v) is 9.13. The van der Waals surface area contributed by atoms with Gasteiger partial charge in [0.25, 0.3) is 0 Å². The van der Waals surface area contributed by atoms with Gasteiger partial charge in [-0.2, -0.15) is 0 Å². The van der Waals surface area contributed by atoms with Crippen LogP contribution in [0.5, 0.6) is 0 Å². The molecule has 0 saturated heterocycles. The molecule has 0 aliphatic heterocycles. The molecule has 0 saturated carbocycles. The fourth-order valence-electron chi connectivity index (χ4n) is 5.42. The van der Waals surface area contributed by atoms with Crippen LogP contribution in [0.25, 0.3) is 32.3 Å². The highest BCUT2D eigenvalue weighted by Crippen LogP contribution is 2.55. The van der Waals surface area contributed by atoms with Crippen LogP contribution in [0.3, 0.4) is 0 Å². The van der Waals surface area contributed by atoms with Crippen LogP contribution in [-0.4, -0.2) is 0 Å². The van der Waals surface area contributed by atoms with Gasteiger partial charge in [0.15, 0.2) is 0 Å². The van der Waals surface area contributed by atoms with E-state index in [4.69, 9.17) is 0 Å². The Kier molecular flexibility index (Phi) is 2.46. The van der Waals surface area contributed by atoms with E-state index in [-0.39, 0.29) is 0 Å². The van der Waals surface area contributed by atoms with Gasteiger partial charge in [0.1, 0.15) is 0 Å². The Balaban J connectivity index is 1.98. The molecule has 0 bridgehead atoms. The van der Waals surface area contributed by atoms with Crippen LogP contribution in [0, 0.1) is 10.7 Å². The quantitative estimate of drug-likeness (QED) is 0.128. The van der Waals surface area contributed by atoms with Gasteiger partial charge in [-0.1, -0.05) is 0 Å². The molecule has 0 unspecified atom stereocenters. The summed E-state index contributed by atoms with van der Waals surface area (Å²) in [5.41, 5.74) is 9.43. The standard InChI is InChI=1S/C21H9I3/c22-13-5-8-2-12-15(24)6-9-3-11-14(23)4-7-1-10(13)19-16(7)20(11)18(9)21(12)17(8)19/h4-6H,1-3H2. The predicted molar refractivity (Wildman–Crippen MR) is 126 cm³/mol. The normalized spacial score (nSPS) is 15.6. The van der Waals surface area contributed by atoms with E-state index in [1.807, 2.05) is 0 Å². The van der Waals surface area contributed by atoms with Gasteiger partial charge in [0.2, 0.25) is 0 Å². The van der Waals surface area contributed by atoms with Gasteiger partial charge in [-0.3, -0.25) is 0 Å². The Labute approximate surface area is 179 Å². The lowest BCUT2D eigenvalue weighted by atomic mass is 9.94. The number of hydrogen-bond acceptors (Lipinski definition) is 0. The molecular weight excluding hydrogens is 633 g/mol. The van der Waals surface area contributed by atoms with Gasteiger partial charge in [-0.25, -0.2) is 0 Å². The summed E-state index contributed by atoms with van der Waals surface area (Å²) in [6, 6.07) is 7.40. The van der Waals surface area contributed by atoms with Gasteiger partial charge >= 0.3 is 0 Å². The lowest BCUT2D eigenvalue weighted by Crippen LogP contribution is -1.90. The number of halogens is 3. The summed E-state index contributed by atoms with van der Waals surface area (Å²) in [5.74, 6) is 0. The number of hydrogen-bond donors (Lipinski definition) is 0. The molecule has 7 rings (SSSR count). The van der Waals surface area contributed by atoms with Crippen LogP contribution in [0.1, 0.15) is 33.4 Å². The van der Waals surface area contributed by atoms with Crippen LogP contribution in [-0.2, 0) is 19.3 Å². The first-order chi connectivity index (χ1) is 11.6. The molecule has 3 aliphatic rings.